The van der Waals surface area contributed by atoms with Gasteiger partial charge in [-0.25, -0.2) is 9.97 Å². The Morgan fingerprint density at radius 3 is 2.76 bits per heavy atom. The van der Waals surface area contributed by atoms with Crippen molar-refractivity contribution in [3.63, 3.8) is 0 Å². The average Bonchev–Trinajstić information content (AvgIpc) is 2.83. The van der Waals surface area contributed by atoms with Gasteiger partial charge in [-0.3, -0.25) is 9.48 Å². The molecule has 0 fully saturated rings. The minimum atomic E-state index is -0.864. The second-order valence-corrected chi connectivity index (χ2v) is 4.50. The monoisotopic (exact) mass is 284 g/mol. The predicted molar refractivity (Wildman–Crippen MR) is 74.2 cm³/mol. The van der Waals surface area contributed by atoms with E-state index in [1.54, 1.807) is 42.2 Å². The Bertz CT molecular complexity index is 796. The first kappa shape index (κ1) is 13.0. The molecule has 2 aromatic heterocycles. The van der Waals surface area contributed by atoms with Crippen LogP contribution in [0.15, 0.2) is 36.8 Å². The summed E-state index contributed by atoms with van der Waals surface area (Å²) in [5.41, 5.74) is 1.39. The van der Waals surface area contributed by atoms with E-state index in [0.717, 1.165) is 5.39 Å². The van der Waals surface area contributed by atoms with E-state index in [4.69, 9.17) is 9.84 Å². The molecule has 0 aliphatic heterocycles. The summed E-state index contributed by atoms with van der Waals surface area (Å²) in [4.78, 5) is 18.9. The van der Waals surface area contributed by atoms with Gasteiger partial charge in [-0.2, -0.15) is 5.10 Å². The van der Waals surface area contributed by atoms with Crippen molar-refractivity contribution in [2.24, 2.45) is 7.05 Å². The molecule has 0 saturated carbocycles. The van der Waals surface area contributed by atoms with Gasteiger partial charge in [-0.05, 0) is 17.7 Å². The van der Waals surface area contributed by atoms with E-state index in [2.05, 4.69) is 15.1 Å². The molecular weight excluding hydrogens is 272 g/mol. The Kier molecular flexibility index (Phi) is 3.23. The molecule has 0 aliphatic carbocycles. The van der Waals surface area contributed by atoms with E-state index >= 15 is 0 Å². The second kappa shape index (κ2) is 5.20. The summed E-state index contributed by atoms with van der Waals surface area (Å²) in [6.07, 6.45) is 3.04. The standard InChI is InChI=1S/C14H12N4O3/c1-18-13-11(7-17-18)14(16-8-15-13)21-10-4-2-9(3-5-10)6-12(19)20/h2-5,7-8H,6H2,1H3,(H,19,20). The van der Waals surface area contributed by atoms with Gasteiger partial charge < -0.3 is 9.84 Å². The molecule has 0 unspecified atom stereocenters. The normalized spacial score (nSPS) is 10.7. The van der Waals surface area contributed by atoms with Gasteiger partial charge in [-0.15, -0.1) is 0 Å². The maximum atomic E-state index is 10.6. The Balaban J connectivity index is 1.86. The summed E-state index contributed by atoms with van der Waals surface area (Å²) in [6.45, 7) is 0. The highest BCUT2D eigenvalue weighted by molar-refractivity contribution is 5.79. The molecule has 7 nitrogen and oxygen atoms in total. The fourth-order valence-electron chi connectivity index (χ4n) is 1.98. The van der Waals surface area contributed by atoms with E-state index in [9.17, 15) is 4.79 Å². The molecule has 3 aromatic rings. The van der Waals surface area contributed by atoms with Crippen LogP contribution in [-0.2, 0) is 18.3 Å². The van der Waals surface area contributed by atoms with Crippen molar-refractivity contribution < 1.29 is 14.6 Å². The molecule has 0 spiro atoms. The van der Waals surface area contributed by atoms with Crippen LogP contribution in [0.2, 0.25) is 0 Å². The van der Waals surface area contributed by atoms with Crippen LogP contribution in [0.1, 0.15) is 5.56 Å². The van der Waals surface area contributed by atoms with Crippen LogP contribution < -0.4 is 4.74 Å². The number of carbonyl (C=O) groups is 1. The van der Waals surface area contributed by atoms with Crippen molar-refractivity contribution in [2.75, 3.05) is 0 Å². The van der Waals surface area contributed by atoms with Crippen LogP contribution >= 0.6 is 0 Å². The quantitative estimate of drug-likeness (QED) is 0.785. The molecule has 0 saturated heterocycles. The van der Waals surface area contributed by atoms with Crippen LogP contribution in [0.25, 0.3) is 11.0 Å². The molecule has 0 aliphatic rings. The number of rotatable bonds is 4. The summed E-state index contributed by atoms with van der Waals surface area (Å²) >= 11 is 0. The fraction of sp³-hybridized carbons (Fsp3) is 0.143. The zero-order valence-electron chi connectivity index (χ0n) is 11.2. The van der Waals surface area contributed by atoms with Crippen molar-refractivity contribution in [3.8, 4) is 11.6 Å². The van der Waals surface area contributed by atoms with Gasteiger partial charge in [0.05, 0.1) is 12.6 Å². The first-order chi connectivity index (χ1) is 10.1. The highest BCUT2D eigenvalue weighted by Crippen LogP contribution is 2.26. The van der Waals surface area contributed by atoms with Gasteiger partial charge >= 0.3 is 5.97 Å². The number of carboxylic acid groups (broad SMARTS) is 1. The van der Waals surface area contributed by atoms with E-state index in [-0.39, 0.29) is 6.42 Å². The molecule has 21 heavy (non-hydrogen) atoms. The lowest BCUT2D eigenvalue weighted by molar-refractivity contribution is -0.136. The lowest BCUT2D eigenvalue weighted by atomic mass is 10.1. The lowest BCUT2D eigenvalue weighted by Crippen LogP contribution is -1.99. The van der Waals surface area contributed by atoms with Crippen molar-refractivity contribution in [3.05, 3.63) is 42.4 Å². The number of benzene rings is 1. The zero-order chi connectivity index (χ0) is 14.8. The third-order valence-corrected chi connectivity index (χ3v) is 2.99. The SMILES string of the molecule is Cn1ncc2c(Oc3ccc(CC(=O)O)cc3)ncnc21. The third-order valence-electron chi connectivity index (χ3n) is 2.99. The number of fused-ring (bicyclic) bond motifs is 1. The van der Waals surface area contributed by atoms with Crippen LogP contribution in [0.4, 0.5) is 0 Å². The Labute approximate surface area is 119 Å². The van der Waals surface area contributed by atoms with Crippen molar-refractivity contribution >= 4 is 17.0 Å². The molecule has 0 bridgehead atoms. The number of ether oxygens (including phenoxy) is 1. The van der Waals surface area contributed by atoms with Gasteiger partial charge in [0, 0.05) is 7.05 Å². The number of nitrogens with zero attached hydrogens (tertiary/aromatic N) is 4. The molecule has 1 aromatic carbocycles. The van der Waals surface area contributed by atoms with Gasteiger partial charge in [0.15, 0.2) is 5.65 Å². The Morgan fingerprint density at radius 2 is 2.05 bits per heavy atom. The van der Waals surface area contributed by atoms with E-state index in [1.165, 1.54) is 6.33 Å². The second-order valence-electron chi connectivity index (χ2n) is 4.50. The molecular formula is C14H12N4O3. The number of carboxylic acids is 1. The third kappa shape index (κ3) is 2.66. The summed E-state index contributed by atoms with van der Waals surface area (Å²) in [5, 5.41) is 13.6. The van der Waals surface area contributed by atoms with Gasteiger partial charge in [-0.1, -0.05) is 12.1 Å². The van der Waals surface area contributed by atoms with Crippen LogP contribution in [0, 0.1) is 0 Å². The van der Waals surface area contributed by atoms with Crippen LogP contribution in [0.3, 0.4) is 0 Å². The first-order valence-electron chi connectivity index (χ1n) is 6.25. The van der Waals surface area contributed by atoms with Crippen molar-refractivity contribution in [2.45, 2.75) is 6.42 Å². The number of aryl methyl sites for hydroxylation is 1. The minimum Gasteiger partial charge on any atom is -0.481 e. The minimum absolute atomic E-state index is 0.0133. The smallest absolute Gasteiger partial charge is 0.307 e. The maximum Gasteiger partial charge on any atom is 0.307 e. The summed E-state index contributed by atoms with van der Waals surface area (Å²) < 4.78 is 7.35. The molecule has 0 radical (unpaired) electrons. The van der Waals surface area contributed by atoms with E-state index < -0.39 is 5.97 Å². The molecule has 3 rings (SSSR count). The first-order valence-corrected chi connectivity index (χ1v) is 6.25. The molecule has 7 heteroatoms. The van der Waals surface area contributed by atoms with E-state index in [0.29, 0.717) is 22.8 Å². The van der Waals surface area contributed by atoms with Gasteiger partial charge in [0.25, 0.3) is 0 Å². The topological polar surface area (TPSA) is 90.1 Å². The Morgan fingerprint density at radius 1 is 1.29 bits per heavy atom. The number of aliphatic carboxylic acids is 1. The lowest BCUT2D eigenvalue weighted by Gasteiger charge is -2.06. The largest absolute Gasteiger partial charge is 0.481 e. The van der Waals surface area contributed by atoms with E-state index in [1.807, 2.05) is 0 Å². The molecule has 2 heterocycles. The molecule has 106 valence electrons. The summed E-state index contributed by atoms with van der Waals surface area (Å²) in [7, 11) is 1.79. The van der Waals surface area contributed by atoms with Crippen molar-refractivity contribution in [1.82, 2.24) is 19.7 Å². The highest BCUT2D eigenvalue weighted by Gasteiger charge is 2.10. The maximum absolute atomic E-state index is 10.6. The molecule has 0 atom stereocenters. The Hall–Kier alpha value is -2.96. The van der Waals surface area contributed by atoms with Gasteiger partial charge in [0.2, 0.25) is 5.88 Å². The highest BCUT2D eigenvalue weighted by atomic mass is 16.5. The molecule has 0 amide bonds. The van der Waals surface area contributed by atoms with Gasteiger partial charge in [0.1, 0.15) is 17.5 Å². The number of hydrogen-bond donors (Lipinski definition) is 1. The number of hydrogen-bond acceptors (Lipinski definition) is 5. The zero-order valence-corrected chi connectivity index (χ0v) is 11.2. The predicted octanol–water partition coefficient (Wildman–Crippen LogP) is 1.78. The average molecular weight is 284 g/mol. The summed E-state index contributed by atoms with van der Waals surface area (Å²) in [6, 6.07) is 6.85. The van der Waals surface area contributed by atoms with Crippen LogP contribution in [-0.4, -0.2) is 30.8 Å². The fourth-order valence-corrected chi connectivity index (χ4v) is 1.98. The molecule has 1 N–H and O–H groups in total. The number of aromatic nitrogens is 4. The summed E-state index contributed by atoms with van der Waals surface area (Å²) in [5.74, 6) is 0.128. The van der Waals surface area contributed by atoms with Crippen LogP contribution in [0.5, 0.6) is 11.6 Å². The van der Waals surface area contributed by atoms with Crippen molar-refractivity contribution in [1.29, 1.82) is 0 Å².